The minimum absolute atomic E-state index is 0.172. The van der Waals surface area contributed by atoms with Gasteiger partial charge in [-0.2, -0.15) is 5.53 Å². The van der Waals surface area contributed by atoms with Crippen LogP contribution in [0.3, 0.4) is 0 Å². The third-order valence-corrected chi connectivity index (χ3v) is 1.45. The minimum atomic E-state index is -0.606. The van der Waals surface area contributed by atoms with Gasteiger partial charge in [0.2, 0.25) is 0 Å². The molecule has 0 aromatic carbocycles. The largest absolute Gasteiger partial charge is 0.466 e. The van der Waals surface area contributed by atoms with Crippen molar-refractivity contribution in [3.8, 4) is 0 Å². The Labute approximate surface area is 87.7 Å². The van der Waals surface area contributed by atoms with Crippen LogP contribution in [0.2, 0.25) is 0 Å². The lowest BCUT2D eigenvalue weighted by atomic mass is 10.5. The second-order valence-electron chi connectivity index (χ2n) is 2.57. The predicted octanol–water partition coefficient (Wildman–Crippen LogP) is -1.43. The number of nitrogens with zero attached hydrogens (tertiary/aromatic N) is 1. The molecule has 7 nitrogen and oxygen atoms in total. The number of likely N-dealkylation sites (N-methyl/N-ethyl adjacent to an activating group) is 1. The van der Waals surface area contributed by atoms with Gasteiger partial charge in [-0.25, -0.2) is 14.6 Å². The van der Waals surface area contributed by atoms with Gasteiger partial charge >= 0.3 is 11.9 Å². The summed E-state index contributed by atoms with van der Waals surface area (Å²) in [7, 11) is 2.91. The van der Waals surface area contributed by atoms with Gasteiger partial charge in [0.25, 0.3) is 0 Å². The fourth-order valence-electron chi connectivity index (χ4n) is 0.600. The summed E-state index contributed by atoms with van der Waals surface area (Å²) in [5.74, 6) is 3.86. The fraction of sp³-hybridized carbons (Fsp3) is 0.500. The standard InChI is InChI=1S/C8H15N3O4/c1-11(10-9)5-6-15-8(13)4-3-7(12)14-2/h3-4,10H,5-6,9H2,1-2H3/b4-3+. The second kappa shape index (κ2) is 7.92. The topological polar surface area (TPSA) is 93.9 Å². The van der Waals surface area contributed by atoms with Crippen molar-refractivity contribution in [1.29, 1.82) is 0 Å². The Bertz CT molecular complexity index is 242. The van der Waals surface area contributed by atoms with E-state index in [0.29, 0.717) is 6.54 Å². The third kappa shape index (κ3) is 7.62. The third-order valence-electron chi connectivity index (χ3n) is 1.45. The summed E-state index contributed by atoms with van der Waals surface area (Å²) < 4.78 is 9.03. The Morgan fingerprint density at radius 2 is 2.00 bits per heavy atom. The first-order chi connectivity index (χ1) is 7.10. The summed E-state index contributed by atoms with van der Waals surface area (Å²) in [6.07, 6.45) is 1.99. The molecule has 3 N–H and O–H groups in total. The van der Waals surface area contributed by atoms with Crippen molar-refractivity contribution < 1.29 is 19.1 Å². The molecule has 0 aliphatic carbocycles. The van der Waals surface area contributed by atoms with Gasteiger partial charge in [-0.3, -0.25) is 5.84 Å². The first kappa shape index (κ1) is 13.6. The maximum absolute atomic E-state index is 10.9. The molecule has 0 unspecified atom stereocenters. The molecule has 0 aromatic rings. The summed E-state index contributed by atoms with van der Waals surface area (Å²) in [6, 6.07) is 0. The van der Waals surface area contributed by atoms with E-state index in [9.17, 15) is 9.59 Å². The van der Waals surface area contributed by atoms with Crippen molar-refractivity contribution in [3.63, 3.8) is 0 Å². The van der Waals surface area contributed by atoms with Crippen LogP contribution in [0.4, 0.5) is 0 Å². The van der Waals surface area contributed by atoms with E-state index in [1.165, 1.54) is 12.1 Å². The highest BCUT2D eigenvalue weighted by Crippen LogP contribution is 1.84. The lowest BCUT2D eigenvalue weighted by Gasteiger charge is -2.13. The highest BCUT2D eigenvalue weighted by atomic mass is 16.5. The zero-order valence-corrected chi connectivity index (χ0v) is 8.73. The van der Waals surface area contributed by atoms with Crippen LogP contribution >= 0.6 is 0 Å². The summed E-state index contributed by atoms with van der Waals surface area (Å²) in [4.78, 5) is 21.5. The van der Waals surface area contributed by atoms with Crippen molar-refractivity contribution in [1.82, 2.24) is 10.5 Å². The lowest BCUT2D eigenvalue weighted by Crippen LogP contribution is -2.41. The van der Waals surface area contributed by atoms with Crippen LogP contribution in [-0.2, 0) is 19.1 Å². The summed E-state index contributed by atoms with van der Waals surface area (Å²) in [5, 5.41) is 1.54. The number of nitrogens with two attached hydrogens (primary N) is 1. The molecule has 0 rings (SSSR count). The molecule has 7 heteroatoms. The zero-order valence-electron chi connectivity index (χ0n) is 8.73. The van der Waals surface area contributed by atoms with E-state index >= 15 is 0 Å². The number of methoxy groups -OCH3 is 1. The van der Waals surface area contributed by atoms with Crippen LogP contribution in [0.5, 0.6) is 0 Å². The van der Waals surface area contributed by atoms with E-state index in [1.54, 1.807) is 7.05 Å². The lowest BCUT2D eigenvalue weighted by molar-refractivity contribution is -0.139. The molecule has 0 spiro atoms. The normalized spacial score (nSPS) is 10.7. The van der Waals surface area contributed by atoms with Crippen molar-refractivity contribution in [2.24, 2.45) is 5.84 Å². The first-order valence-corrected chi connectivity index (χ1v) is 4.20. The number of carbonyl (C=O) groups excluding carboxylic acids is 2. The van der Waals surface area contributed by atoms with E-state index < -0.39 is 11.9 Å². The van der Waals surface area contributed by atoms with Crippen molar-refractivity contribution >= 4 is 11.9 Å². The van der Waals surface area contributed by atoms with Gasteiger partial charge < -0.3 is 9.47 Å². The molecule has 0 amide bonds. The number of hydrogen-bond acceptors (Lipinski definition) is 7. The molecule has 0 heterocycles. The molecular weight excluding hydrogens is 202 g/mol. The molecule has 0 aliphatic heterocycles. The van der Waals surface area contributed by atoms with Gasteiger partial charge in [0.1, 0.15) is 6.61 Å². The quantitative estimate of drug-likeness (QED) is 0.244. The van der Waals surface area contributed by atoms with E-state index in [1.807, 2.05) is 0 Å². The first-order valence-electron chi connectivity index (χ1n) is 4.20. The van der Waals surface area contributed by atoms with Gasteiger partial charge in [-0.05, 0) is 0 Å². The van der Waals surface area contributed by atoms with Gasteiger partial charge in [-0.1, -0.05) is 0 Å². The average molecular weight is 217 g/mol. The molecule has 0 saturated carbocycles. The maximum Gasteiger partial charge on any atom is 0.331 e. The summed E-state index contributed by atoms with van der Waals surface area (Å²) in [5.41, 5.74) is 2.35. The SMILES string of the molecule is COC(=O)/C=C/C(=O)OCCN(C)NN. The Kier molecular flexibility index (Phi) is 7.16. The number of rotatable bonds is 6. The Hall–Kier alpha value is -1.44. The summed E-state index contributed by atoms with van der Waals surface area (Å²) >= 11 is 0. The Balaban J connectivity index is 3.66. The summed E-state index contributed by atoms with van der Waals surface area (Å²) in [6.45, 7) is 0.610. The molecule has 0 saturated heterocycles. The van der Waals surface area contributed by atoms with Crippen LogP contribution in [0, 0.1) is 0 Å². The van der Waals surface area contributed by atoms with Gasteiger partial charge in [-0.15, -0.1) is 0 Å². The van der Waals surface area contributed by atoms with Crippen LogP contribution in [-0.4, -0.2) is 44.3 Å². The van der Waals surface area contributed by atoms with Crippen LogP contribution in [0.1, 0.15) is 0 Å². The monoisotopic (exact) mass is 217 g/mol. The van der Waals surface area contributed by atoms with Crippen molar-refractivity contribution in [3.05, 3.63) is 12.2 Å². The molecule has 0 fully saturated rings. The number of carbonyl (C=O) groups is 2. The fourth-order valence-corrected chi connectivity index (χ4v) is 0.600. The number of nitrogens with one attached hydrogen (secondary N) is 1. The number of hydrazine groups is 2. The number of esters is 2. The smallest absolute Gasteiger partial charge is 0.331 e. The van der Waals surface area contributed by atoms with Gasteiger partial charge in [0.15, 0.2) is 0 Å². The van der Waals surface area contributed by atoms with Crippen LogP contribution in [0.15, 0.2) is 12.2 Å². The predicted molar refractivity (Wildman–Crippen MR) is 52.1 cm³/mol. The highest BCUT2D eigenvalue weighted by molar-refractivity contribution is 5.91. The van der Waals surface area contributed by atoms with Gasteiger partial charge in [0, 0.05) is 25.7 Å². The van der Waals surface area contributed by atoms with E-state index in [2.05, 4.69) is 10.3 Å². The maximum atomic E-state index is 10.9. The Morgan fingerprint density at radius 3 is 2.53 bits per heavy atom. The molecule has 15 heavy (non-hydrogen) atoms. The van der Waals surface area contributed by atoms with E-state index in [-0.39, 0.29) is 6.61 Å². The molecule has 0 radical (unpaired) electrons. The molecule has 0 bridgehead atoms. The van der Waals surface area contributed by atoms with Crippen molar-refractivity contribution in [2.75, 3.05) is 27.3 Å². The number of ether oxygens (including phenoxy) is 2. The van der Waals surface area contributed by atoms with Crippen molar-refractivity contribution in [2.45, 2.75) is 0 Å². The second-order valence-corrected chi connectivity index (χ2v) is 2.57. The minimum Gasteiger partial charge on any atom is -0.466 e. The number of hydrogen-bond donors (Lipinski definition) is 2. The molecular formula is C8H15N3O4. The average Bonchev–Trinajstić information content (AvgIpc) is 2.25. The highest BCUT2D eigenvalue weighted by Gasteiger charge is 2.00. The van der Waals surface area contributed by atoms with E-state index in [0.717, 1.165) is 12.2 Å². The molecule has 86 valence electrons. The Morgan fingerprint density at radius 1 is 1.40 bits per heavy atom. The van der Waals surface area contributed by atoms with Crippen LogP contribution in [0.25, 0.3) is 0 Å². The van der Waals surface area contributed by atoms with Crippen LogP contribution < -0.4 is 11.4 Å². The molecule has 0 aliphatic rings. The van der Waals surface area contributed by atoms with E-state index in [4.69, 9.17) is 10.6 Å². The van der Waals surface area contributed by atoms with Gasteiger partial charge in [0.05, 0.1) is 7.11 Å². The molecule has 0 aromatic heterocycles. The molecule has 0 atom stereocenters. The zero-order chi connectivity index (χ0) is 11.7.